The van der Waals surface area contributed by atoms with Crippen molar-refractivity contribution in [2.75, 3.05) is 12.4 Å². The molecule has 0 aromatic carbocycles. The number of hydrogen-bond acceptors (Lipinski definition) is 6. The lowest BCUT2D eigenvalue weighted by Crippen LogP contribution is -2.70. The van der Waals surface area contributed by atoms with E-state index < -0.39 is 29.3 Å². The molecule has 0 aromatic rings. The van der Waals surface area contributed by atoms with Gasteiger partial charge < -0.3 is 15.2 Å². The number of amides is 2. The molecule has 0 aromatic heterocycles. The van der Waals surface area contributed by atoms with Gasteiger partial charge in [-0.2, -0.15) is 0 Å². The SMILES string of the molecule is CCC(=O)N[C@H]1C(=O)N2C(C(=O)O)=C(COC(C)=O)CS[C@@H]12. The Morgan fingerprint density at radius 1 is 1.45 bits per heavy atom. The highest BCUT2D eigenvalue weighted by Gasteiger charge is 2.54. The van der Waals surface area contributed by atoms with E-state index in [1.165, 1.54) is 18.7 Å². The first kappa shape index (κ1) is 16.3. The molecule has 2 N–H and O–H groups in total. The summed E-state index contributed by atoms with van der Waals surface area (Å²) in [5.74, 6) is -2.17. The van der Waals surface area contributed by atoms with Crippen LogP contribution in [0.1, 0.15) is 20.3 Å². The van der Waals surface area contributed by atoms with Crippen molar-refractivity contribution in [1.82, 2.24) is 10.2 Å². The Balaban J connectivity index is 2.19. The molecule has 9 heteroatoms. The van der Waals surface area contributed by atoms with Crippen LogP contribution >= 0.6 is 11.8 Å². The lowest BCUT2D eigenvalue weighted by molar-refractivity contribution is -0.151. The van der Waals surface area contributed by atoms with E-state index in [2.05, 4.69) is 5.32 Å². The molecule has 0 unspecified atom stereocenters. The molecule has 1 saturated heterocycles. The predicted molar refractivity (Wildman–Crippen MR) is 76.6 cm³/mol. The summed E-state index contributed by atoms with van der Waals surface area (Å²) in [4.78, 5) is 47.0. The standard InChI is InChI=1S/C13H16N2O6S/c1-3-8(17)14-9-11(18)15-10(13(19)20)7(4-21-6(2)16)5-22-12(9)15/h9,12H,3-5H2,1-2H3,(H,14,17)(H,19,20)/t9-,12-/m0/s1. The van der Waals surface area contributed by atoms with Gasteiger partial charge in [0.25, 0.3) is 5.91 Å². The van der Waals surface area contributed by atoms with E-state index in [0.29, 0.717) is 11.3 Å². The number of nitrogens with zero attached hydrogens (tertiary/aromatic N) is 1. The van der Waals surface area contributed by atoms with Crippen molar-refractivity contribution in [1.29, 1.82) is 0 Å². The summed E-state index contributed by atoms with van der Waals surface area (Å²) in [6.07, 6.45) is 0.250. The van der Waals surface area contributed by atoms with Crippen molar-refractivity contribution in [3.8, 4) is 0 Å². The maximum Gasteiger partial charge on any atom is 0.352 e. The molecule has 2 aliphatic heterocycles. The molecule has 8 nitrogen and oxygen atoms in total. The minimum Gasteiger partial charge on any atom is -0.477 e. The largest absolute Gasteiger partial charge is 0.477 e. The number of fused-ring (bicyclic) bond motifs is 1. The molecular formula is C13H16N2O6S. The number of aliphatic carboxylic acids is 1. The van der Waals surface area contributed by atoms with Crippen LogP contribution in [0.5, 0.6) is 0 Å². The van der Waals surface area contributed by atoms with E-state index in [-0.39, 0.29) is 24.6 Å². The Morgan fingerprint density at radius 3 is 2.68 bits per heavy atom. The second kappa shape index (κ2) is 6.39. The maximum atomic E-state index is 12.1. The molecule has 0 bridgehead atoms. The third-order valence-corrected chi connectivity index (χ3v) is 4.68. The average molecular weight is 328 g/mol. The Bertz CT molecular complexity index is 573. The molecule has 2 aliphatic rings. The summed E-state index contributed by atoms with van der Waals surface area (Å²) in [5.41, 5.74) is 0.217. The highest BCUT2D eigenvalue weighted by Crippen LogP contribution is 2.40. The predicted octanol–water partition coefficient (Wildman–Crippen LogP) is -0.302. The fourth-order valence-corrected chi connectivity index (χ4v) is 3.59. The van der Waals surface area contributed by atoms with Crippen molar-refractivity contribution in [3.63, 3.8) is 0 Å². The summed E-state index contributed by atoms with van der Waals surface area (Å²) in [7, 11) is 0. The summed E-state index contributed by atoms with van der Waals surface area (Å²) in [6, 6.07) is -0.706. The fraction of sp³-hybridized carbons (Fsp3) is 0.538. The fourth-order valence-electron chi connectivity index (χ4n) is 2.26. The molecule has 2 rings (SSSR count). The Hall–Kier alpha value is -2.03. The van der Waals surface area contributed by atoms with Gasteiger partial charge >= 0.3 is 11.9 Å². The smallest absolute Gasteiger partial charge is 0.352 e. The van der Waals surface area contributed by atoms with Crippen molar-refractivity contribution in [2.45, 2.75) is 31.7 Å². The van der Waals surface area contributed by atoms with Crippen LogP contribution in [-0.2, 0) is 23.9 Å². The minimum absolute atomic E-state index is 0.156. The number of carboxylic acid groups (broad SMARTS) is 1. The van der Waals surface area contributed by atoms with E-state index in [0.717, 1.165) is 4.90 Å². The highest BCUT2D eigenvalue weighted by molar-refractivity contribution is 8.00. The van der Waals surface area contributed by atoms with Crippen LogP contribution in [0.2, 0.25) is 0 Å². The molecule has 2 heterocycles. The summed E-state index contributed by atoms with van der Waals surface area (Å²) < 4.78 is 4.83. The number of ether oxygens (including phenoxy) is 1. The third-order valence-electron chi connectivity index (χ3n) is 3.34. The van der Waals surface area contributed by atoms with Gasteiger partial charge in [-0.15, -0.1) is 11.8 Å². The lowest BCUT2D eigenvalue weighted by Gasteiger charge is -2.49. The number of β-lactam (4-membered cyclic amide) rings is 1. The van der Waals surface area contributed by atoms with Crippen molar-refractivity contribution >= 4 is 35.5 Å². The van der Waals surface area contributed by atoms with Crippen LogP contribution in [0, 0.1) is 0 Å². The van der Waals surface area contributed by atoms with Crippen LogP contribution in [-0.4, -0.2) is 57.5 Å². The van der Waals surface area contributed by atoms with Gasteiger partial charge in [-0.3, -0.25) is 19.3 Å². The topological polar surface area (TPSA) is 113 Å². The lowest BCUT2D eigenvalue weighted by atomic mass is 10.0. The molecule has 0 radical (unpaired) electrons. The molecule has 0 aliphatic carbocycles. The van der Waals surface area contributed by atoms with Crippen molar-refractivity contribution < 1.29 is 29.0 Å². The highest BCUT2D eigenvalue weighted by atomic mass is 32.2. The Morgan fingerprint density at radius 2 is 2.14 bits per heavy atom. The number of carbonyl (C=O) groups excluding carboxylic acids is 3. The minimum atomic E-state index is -1.25. The number of rotatable bonds is 5. The number of nitrogens with one attached hydrogen (secondary N) is 1. The van der Waals surface area contributed by atoms with E-state index in [4.69, 9.17) is 4.74 Å². The quantitative estimate of drug-likeness (QED) is 0.526. The van der Waals surface area contributed by atoms with Gasteiger partial charge in [-0.05, 0) is 0 Å². The first-order valence-corrected chi connectivity index (χ1v) is 7.74. The van der Waals surface area contributed by atoms with E-state index in [1.54, 1.807) is 6.92 Å². The van der Waals surface area contributed by atoms with Crippen LogP contribution in [0.3, 0.4) is 0 Å². The molecular weight excluding hydrogens is 312 g/mol. The Kier molecular flexibility index (Phi) is 4.74. The number of carbonyl (C=O) groups is 4. The zero-order chi connectivity index (χ0) is 16.4. The van der Waals surface area contributed by atoms with Gasteiger partial charge in [0.2, 0.25) is 5.91 Å². The van der Waals surface area contributed by atoms with Crippen LogP contribution < -0.4 is 5.32 Å². The molecule has 22 heavy (non-hydrogen) atoms. The third kappa shape index (κ3) is 2.94. The number of carboxylic acids is 1. The normalized spacial score (nSPS) is 23.5. The molecule has 1 fully saturated rings. The van der Waals surface area contributed by atoms with Crippen molar-refractivity contribution in [2.24, 2.45) is 0 Å². The molecule has 0 spiro atoms. The Labute approximate surface area is 130 Å². The first-order chi connectivity index (χ1) is 10.4. The average Bonchev–Trinajstić information content (AvgIpc) is 2.48. The monoisotopic (exact) mass is 328 g/mol. The summed E-state index contributed by atoms with van der Waals surface area (Å²) in [5, 5.41) is 11.5. The number of thioether (sulfide) groups is 1. The second-order valence-corrected chi connectivity index (χ2v) is 5.95. The van der Waals surface area contributed by atoms with Gasteiger partial charge in [0.1, 0.15) is 23.7 Å². The van der Waals surface area contributed by atoms with E-state index >= 15 is 0 Å². The van der Waals surface area contributed by atoms with Crippen molar-refractivity contribution in [3.05, 3.63) is 11.3 Å². The van der Waals surface area contributed by atoms with Gasteiger partial charge in [-0.25, -0.2) is 4.79 Å². The summed E-state index contributed by atoms with van der Waals surface area (Å²) in [6.45, 7) is 2.74. The zero-order valence-electron chi connectivity index (χ0n) is 12.1. The van der Waals surface area contributed by atoms with Gasteiger partial charge in [0, 0.05) is 24.7 Å². The van der Waals surface area contributed by atoms with Gasteiger partial charge in [0.15, 0.2) is 0 Å². The second-order valence-electron chi connectivity index (χ2n) is 4.85. The zero-order valence-corrected chi connectivity index (χ0v) is 12.9. The first-order valence-electron chi connectivity index (χ1n) is 6.69. The summed E-state index contributed by atoms with van der Waals surface area (Å²) >= 11 is 1.34. The van der Waals surface area contributed by atoms with Crippen LogP contribution in [0.25, 0.3) is 0 Å². The van der Waals surface area contributed by atoms with Crippen LogP contribution in [0.15, 0.2) is 11.3 Å². The molecule has 120 valence electrons. The van der Waals surface area contributed by atoms with Gasteiger partial charge in [0.05, 0.1) is 0 Å². The van der Waals surface area contributed by atoms with Gasteiger partial charge in [-0.1, -0.05) is 6.92 Å². The van der Waals surface area contributed by atoms with E-state index in [9.17, 15) is 24.3 Å². The molecule has 0 saturated carbocycles. The maximum absolute atomic E-state index is 12.1. The molecule has 2 amide bonds. The number of esters is 1. The van der Waals surface area contributed by atoms with Crippen LogP contribution in [0.4, 0.5) is 0 Å². The number of hydrogen-bond donors (Lipinski definition) is 2. The molecule has 2 atom stereocenters. The van der Waals surface area contributed by atoms with E-state index in [1.807, 2.05) is 0 Å².